The van der Waals surface area contributed by atoms with Gasteiger partial charge in [0.25, 0.3) is 0 Å². The molecular weight excluding hydrogens is 272 g/mol. The van der Waals surface area contributed by atoms with E-state index >= 15 is 0 Å². The van der Waals surface area contributed by atoms with Gasteiger partial charge in [-0.05, 0) is 6.42 Å². The first-order valence-electron chi connectivity index (χ1n) is 6.05. The molecule has 0 radical (unpaired) electrons. The number of carbonyl (C=O) groups excluding carboxylic acids is 1. The molecule has 19 heavy (non-hydrogen) atoms. The number of hydrogen-bond donors (Lipinski definition) is 3. The molecule has 7 nitrogen and oxygen atoms in total. The fourth-order valence-electron chi connectivity index (χ4n) is 1.77. The molecule has 0 aromatic carbocycles. The third-order valence-corrected chi connectivity index (χ3v) is 4.23. The Hall–Kier alpha value is -1.44. The number of carboxylic acids is 2. The topological polar surface area (TPSA) is 107 Å². The van der Waals surface area contributed by atoms with Gasteiger partial charge in [0.05, 0.1) is 6.42 Å². The lowest BCUT2D eigenvalue weighted by molar-refractivity contribution is -0.145. The Labute approximate surface area is 115 Å². The van der Waals surface area contributed by atoms with Crippen LogP contribution >= 0.6 is 11.8 Å². The average molecular weight is 290 g/mol. The normalized spacial score (nSPS) is 20.7. The van der Waals surface area contributed by atoms with E-state index in [1.807, 2.05) is 6.92 Å². The van der Waals surface area contributed by atoms with Gasteiger partial charge in [-0.2, -0.15) is 11.8 Å². The molecule has 1 unspecified atom stereocenters. The Bertz CT molecular complexity index is 363. The van der Waals surface area contributed by atoms with Crippen molar-refractivity contribution in [3.05, 3.63) is 0 Å². The highest BCUT2D eigenvalue weighted by molar-refractivity contribution is 8.00. The monoisotopic (exact) mass is 290 g/mol. The number of nitrogens with one attached hydrogen (secondary N) is 1. The van der Waals surface area contributed by atoms with Crippen LogP contribution in [0.25, 0.3) is 0 Å². The number of amides is 2. The molecule has 0 aromatic heterocycles. The number of nitrogens with zero attached hydrogens (tertiary/aromatic N) is 1. The second-order valence-electron chi connectivity index (χ2n) is 4.29. The molecule has 2 amide bonds. The fraction of sp³-hybridized carbons (Fsp3) is 0.727. The standard InChI is InChI=1S/C11H18N2O5S/c1-2-7-6-13(3-4-19-7)11(18)12-8(10(16)17)5-9(14)15/h7-8H,2-6H2,1H3,(H,12,18)(H,14,15)(H,16,17)/t7?,8-/m0/s1. The molecule has 1 aliphatic rings. The van der Waals surface area contributed by atoms with Crippen molar-refractivity contribution < 1.29 is 24.6 Å². The summed E-state index contributed by atoms with van der Waals surface area (Å²) in [5.41, 5.74) is 0. The SMILES string of the molecule is CCC1CN(C(=O)N[C@@H](CC(=O)O)C(=O)O)CCS1. The van der Waals surface area contributed by atoms with Crippen LogP contribution in [0.1, 0.15) is 19.8 Å². The summed E-state index contributed by atoms with van der Waals surface area (Å²) >= 11 is 1.79. The van der Waals surface area contributed by atoms with Crippen molar-refractivity contribution in [3.63, 3.8) is 0 Å². The van der Waals surface area contributed by atoms with E-state index < -0.39 is 30.4 Å². The molecule has 1 heterocycles. The highest BCUT2D eigenvalue weighted by atomic mass is 32.2. The second kappa shape index (κ2) is 7.22. The zero-order chi connectivity index (χ0) is 14.4. The van der Waals surface area contributed by atoms with Crippen LogP contribution in [0.15, 0.2) is 0 Å². The quantitative estimate of drug-likeness (QED) is 0.678. The van der Waals surface area contributed by atoms with Gasteiger partial charge in [0.2, 0.25) is 0 Å². The van der Waals surface area contributed by atoms with Crippen LogP contribution in [0.5, 0.6) is 0 Å². The van der Waals surface area contributed by atoms with Gasteiger partial charge in [0, 0.05) is 24.1 Å². The summed E-state index contributed by atoms with van der Waals surface area (Å²) in [7, 11) is 0. The van der Waals surface area contributed by atoms with E-state index in [1.54, 1.807) is 16.7 Å². The van der Waals surface area contributed by atoms with E-state index in [1.165, 1.54) is 0 Å². The summed E-state index contributed by atoms with van der Waals surface area (Å²) in [4.78, 5) is 34.9. The molecule has 1 aliphatic heterocycles. The van der Waals surface area contributed by atoms with E-state index in [-0.39, 0.29) is 0 Å². The molecule has 0 spiro atoms. The van der Waals surface area contributed by atoms with Crippen molar-refractivity contribution in [2.24, 2.45) is 0 Å². The third kappa shape index (κ3) is 4.98. The smallest absolute Gasteiger partial charge is 0.326 e. The van der Waals surface area contributed by atoms with Crippen molar-refractivity contribution in [1.29, 1.82) is 0 Å². The first-order valence-corrected chi connectivity index (χ1v) is 7.10. The summed E-state index contributed by atoms with van der Waals surface area (Å²) in [6, 6.07) is -1.90. The van der Waals surface area contributed by atoms with Crippen molar-refractivity contribution in [3.8, 4) is 0 Å². The largest absolute Gasteiger partial charge is 0.481 e. The average Bonchev–Trinajstić information content (AvgIpc) is 2.37. The number of carboxylic acid groups (broad SMARTS) is 2. The van der Waals surface area contributed by atoms with Crippen molar-refractivity contribution >= 4 is 29.7 Å². The zero-order valence-corrected chi connectivity index (χ0v) is 11.5. The van der Waals surface area contributed by atoms with Gasteiger partial charge >= 0.3 is 18.0 Å². The minimum absolute atomic E-state index is 0.349. The summed E-state index contributed by atoms with van der Waals surface area (Å²) in [5.74, 6) is -1.79. The third-order valence-electron chi connectivity index (χ3n) is 2.86. The van der Waals surface area contributed by atoms with E-state index in [4.69, 9.17) is 10.2 Å². The molecular formula is C11H18N2O5S. The van der Waals surface area contributed by atoms with Crippen LogP contribution in [0, 0.1) is 0 Å². The Balaban J connectivity index is 2.56. The van der Waals surface area contributed by atoms with Crippen LogP contribution in [0.3, 0.4) is 0 Å². The summed E-state index contributed by atoms with van der Waals surface area (Å²) in [6.45, 7) is 3.14. The molecule has 1 fully saturated rings. The Kier molecular flexibility index (Phi) is 5.94. The first kappa shape index (κ1) is 15.6. The zero-order valence-electron chi connectivity index (χ0n) is 10.7. The number of urea groups is 1. The molecule has 108 valence electrons. The van der Waals surface area contributed by atoms with Gasteiger partial charge < -0.3 is 20.4 Å². The highest BCUT2D eigenvalue weighted by Crippen LogP contribution is 2.21. The molecule has 0 aliphatic carbocycles. The van der Waals surface area contributed by atoms with Gasteiger partial charge in [-0.3, -0.25) is 4.79 Å². The molecule has 3 N–H and O–H groups in total. The van der Waals surface area contributed by atoms with E-state index in [0.29, 0.717) is 18.3 Å². The van der Waals surface area contributed by atoms with Crippen LogP contribution in [-0.4, -0.2) is 63.2 Å². The lowest BCUT2D eigenvalue weighted by atomic mass is 10.2. The van der Waals surface area contributed by atoms with Gasteiger partial charge in [0.1, 0.15) is 6.04 Å². The van der Waals surface area contributed by atoms with Crippen molar-refractivity contribution in [2.45, 2.75) is 31.1 Å². The molecule has 0 bridgehead atoms. The fourth-order valence-corrected chi connectivity index (χ4v) is 2.95. The number of rotatable bonds is 5. The summed E-state index contributed by atoms with van der Waals surface area (Å²) in [6.07, 6.45) is 0.312. The second-order valence-corrected chi connectivity index (χ2v) is 5.69. The maximum absolute atomic E-state index is 11.9. The van der Waals surface area contributed by atoms with Crippen LogP contribution in [0.4, 0.5) is 4.79 Å². The van der Waals surface area contributed by atoms with Gasteiger partial charge in [0.15, 0.2) is 0 Å². The lowest BCUT2D eigenvalue weighted by Gasteiger charge is -2.32. The van der Waals surface area contributed by atoms with Gasteiger partial charge in [-0.15, -0.1) is 0 Å². The molecule has 1 saturated heterocycles. The predicted octanol–water partition coefficient (Wildman–Crippen LogP) is 0.451. The maximum Gasteiger partial charge on any atom is 0.326 e. The number of carbonyl (C=O) groups is 3. The van der Waals surface area contributed by atoms with E-state index in [0.717, 1.165) is 12.2 Å². The Morgan fingerprint density at radius 1 is 1.42 bits per heavy atom. The van der Waals surface area contributed by atoms with Crippen molar-refractivity contribution in [1.82, 2.24) is 10.2 Å². The molecule has 8 heteroatoms. The van der Waals surface area contributed by atoms with Crippen molar-refractivity contribution in [2.75, 3.05) is 18.8 Å². The highest BCUT2D eigenvalue weighted by Gasteiger charge is 2.28. The van der Waals surface area contributed by atoms with E-state index in [9.17, 15) is 14.4 Å². The molecule has 0 aromatic rings. The molecule has 1 rings (SSSR count). The maximum atomic E-state index is 11.9. The van der Waals surface area contributed by atoms with Crippen LogP contribution in [-0.2, 0) is 9.59 Å². The Morgan fingerprint density at radius 3 is 2.63 bits per heavy atom. The summed E-state index contributed by atoms with van der Waals surface area (Å²) < 4.78 is 0. The first-order chi connectivity index (χ1) is 8.93. The number of thioether (sulfide) groups is 1. The number of aliphatic carboxylic acids is 2. The van der Waals surface area contributed by atoms with Gasteiger partial charge in [-0.25, -0.2) is 9.59 Å². The Morgan fingerprint density at radius 2 is 2.11 bits per heavy atom. The molecule has 0 saturated carbocycles. The lowest BCUT2D eigenvalue weighted by Crippen LogP contribution is -2.52. The summed E-state index contributed by atoms with van der Waals surface area (Å²) in [5, 5.41) is 20.1. The predicted molar refractivity (Wildman–Crippen MR) is 70.3 cm³/mol. The van der Waals surface area contributed by atoms with Crippen LogP contribution in [0.2, 0.25) is 0 Å². The minimum Gasteiger partial charge on any atom is -0.481 e. The molecule has 2 atom stereocenters. The minimum atomic E-state index is -1.39. The van der Waals surface area contributed by atoms with Crippen LogP contribution < -0.4 is 5.32 Å². The van der Waals surface area contributed by atoms with Gasteiger partial charge in [-0.1, -0.05) is 6.92 Å². The number of hydrogen-bond acceptors (Lipinski definition) is 4. The van der Waals surface area contributed by atoms with E-state index in [2.05, 4.69) is 5.32 Å².